The number of hydrogen-bond acceptors (Lipinski definition) is 0. The van der Waals surface area contributed by atoms with Crippen LogP contribution in [0.15, 0.2) is 60.7 Å². The third-order valence-corrected chi connectivity index (χ3v) is 7.70. The molecule has 0 aliphatic heterocycles. The third-order valence-electron chi connectivity index (χ3n) is 7.70. The van der Waals surface area contributed by atoms with Crippen LogP contribution < -0.4 is 0 Å². The molecule has 0 radical (unpaired) electrons. The van der Waals surface area contributed by atoms with Crippen LogP contribution >= 0.6 is 0 Å². The lowest BCUT2D eigenvalue weighted by atomic mass is 9.80. The Hall–Kier alpha value is -2.34. The van der Waals surface area contributed by atoms with Crippen LogP contribution in [0.4, 0.5) is 0 Å². The fraction of sp³-hybridized carbons (Fsp3) is 0.438. The van der Waals surface area contributed by atoms with Crippen molar-refractivity contribution in [2.45, 2.75) is 79.1 Å². The molecule has 0 aromatic heterocycles. The van der Waals surface area contributed by atoms with E-state index in [9.17, 15) is 0 Å². The van der Waals surface area contributed by atoms with Crippen LogP contribution in [-0.4, -0.2) is 0 Å². The Labute approximate surface area is 196 Å². The second kappa shape index (κ2) is 10.5. The summed E-state index contributed by atoms with van der Waals surface area (Å²) in [6.45, 7) is 9.06. The predicted octanol–water partition coefficient (Wildman–Crippen LogP) is 9.48. The van der Waals surface area contributed by atoms with E-state index in [2.05, 4.69) is 88.4 Å². The molecule has 3 aromatic rings. The van der Waals surface area contributed by atoms with Crippen molar-refractivity contribution >= 4 is 0 Å². The minimum absolute atomic E-state index is 0.968. The maximum atomic E-state index is 2.42. The van der Waals surface area contributed by atoms with Gasteiger partial charge >= 0.3 is 0 Å². The summed E-state index contributed by atoms with van der Waals surface area (Å²) in [7, 11) is 0. The van der Waals surface area contributed by atoms with Crippen molar-refractivity contribution in [3.63, 3.8) is 0 Å². The molecule has 0 unspecified atom stereocenters. The smallest absolute Gasteiger partial charge is 0.0155 e. The molecule has 1 aliphatic rings. The van der Waals surface area contributed by atoms with Crippen LogP contribution in [0.2, 0.25) is 0 Å². The second-order valence-corrected chi connectivity index (χ2v) is 10.4. The molecule has 0 N–H and O–H groups in total. The lowest BCUT2D eigenvalue weighted by Crippen LogP contribution is -2.12. The maximum Gasteiger partial charge on any atom is -0.0155 e. The molecular weight excluding hydrogens is 384 g/mol. The molecule has 0 saturated heterocycles. The number of hydrogen-bond donors (Lipinski definition) is 0. The Balaban J connectivity index is 1.34. The van der Waals surface area contributed by atoms with Gasteiger partial charge in [0, 0.05) is 0 Å². The van der Waals surface area contributed by atoms with E-state index in [1.807, 2.05) is 0 Å². The molecule has 4 rings (SSSR count). The summed E-state index contributed by atoms with van der Waals surface area (Å²) in [6, 6.07) is 22.8. The summed E-state index contributed by atoms with van der Waals surface area (Å²) in [4.78, 5) is 0. The average Bonchev–Trinajstić information content (AvgIpc) is 2.79. The molecular formula is C32H40. The number of unbranched alkanes of at least 4 members (excludes halogenated alkanes) is 1. The predicted molar refractivity (Wildman–Crippen MR) is 140 cm³/mol. The van der Waals surface area contributed by atoms with Gasteiger partial charge in [0.05, 0.1) is 0 Å². The summed E-state index contributed by atoms with van der Waals surface area (Å²) >= 11 is 0. The van der Waals surface area contributed by atoms with Crippen molar-refractivity contribution in [2.75, 3.05) is 0 Å². The molecule has 0 amide bonds. The van der Waals surface area contributed by atoms with Crippen molar-refractivity contribution in [1.29, 1.82) is 0 Å². The molecule has 0 heterocycles. The van der Waals surface area contributed by atoms with E-state index in [4.69, 9.17) is 0 Å². The van der Waals surface area contributed by atoms with Gasteiger partial charge in [0.15, 0.2) is 0 Å². The first-order chi connectivity index (χ1) is 15.5. The summed E-state index contributed by atoms with van der Waals surface area (Å²) in [5, 5.41) is 0. The Morgan fingerprint density at radius 1 is 0.656 bits per heavy atom. The summed E-state index contributed by atoms with van der Waals surface area (Å²) < 4.78 is 0. The van der Waals surface area contributed by atoms with Crippen molar-refractivity contribution in [1.82, 2.24) is 0 Å². The van der Waals surface area contributed by atoms with E-state index >= 15 is 0 Å². The Morgan fingerprint density at radius 2 is 1.34 bits per heavy atom. The van der Waals surface area contributed by atoms with Crippen molar-refractivity contribution in [2.24, 2.45) is 11.8 Å². The van der Waals surface area contributed by atoms with Gasteiger partial charge in [-0.3, -0.25) is 0 Å². The molecule has 0 nitrogen and oxygen atoms in total. The minimum atomic E-state index is 0.968. The molecule has 1 fully saturated rings. The SMILES string of the molecule is Cc1ccc(-c2ccc(-c3ccc(CCCCC4CCC(C)CC4)c(C)c3)cc2)c(C)c1. The van der Waals surface area contributed by atoms with Gasteiger partial charge in [-0.05, 0) is 84.4 Å². The zero-order chi connectivity index (χ0) is 22.5. The highest BCUT2D eigenvalue weighted by Crippen LogP contribution is 2.32. The van der Waals surface area contributed by atoms with Crippen LogP contribution in [-0.2, 0) is 6.42 Å². The lowest BCUT2D eigenvalue weighted by molar-refractivity contribution is 0.272. The first-order valence-electron chi connectivity index (χ1n) is 12.8. The Bertz CT molecular complexity index is 1020. The number of benzene rings is 3. The highest BCUT2D eigenvalue weighted by Gasteiger charge is 2.17. The van der Waals surface area contributed by atoms with Gasteiger partial charge < -0.3 is 0 Å². The van der Waals surface area contributed by atoms with Crippen LogP contribution in [0.3, 0.4) is 0 Å². The van der Waals surface area contributed by atoms with E-state index in [1.165, 1.54) is 95.9 Å². The van der Waals surface area contributed by atoms with Crippen molar-refractivity contribution in [3.8, 4) is 22.3 Å². The highest BCUT2D eigenvalue weighted by atomic mass is 14.2. The van der Waals surface area contributed by atoms with E-state index in [1.54, 1.807) is 0 Å². The largest absolute Gasteiger partial charge is 0.0625 e. The molecule has 32 heavy (non-hydrogen) atoms. The van der Waals surface area contributed by atoms with E-state index in [0.29, 0.717) is 0 Å². The molecule has 0 atom stereocenters. The standard InChI is InChI=1S/C32H40/c1-23-9-12-27(13-10-23)7-5-6-8-28-14-19-31(22-25(28)3)29-15-17-30(18-16-29)32-20-11-24(2)21-26(32)4/h11,14-23,27H,5-10,12-13H2,1-4H3. The molecule has 1 saturated carbocycles. The van der Waals surface area contributed by atoms with Gasteiger partial charge in [0.25, 0.3) is 0 Å². The highest BCUT2D eigenvalue weighted by molar-refractivity contribution is 5.72. The molecule has 1 aliphatic carbocycles. The maximum absolute atomic E-state index is 2.42. The fourth-order valence-corrected chi connectivity index (χ4v) is 5.50. The van der Waals surface area contributed by atoms with Crippen molar-refractivity contribution in [3.05, 3.63) is 82.9 Å². The molecule has 0 bridgehead atoms. The van der Waals surface area contributed by atoms with Crippen LogP contribution in [0.5, 0.6) is 0 Å². The van der Waals surface area contributed by atoms with Gasteiger partial charge in [-0.15, -0.1) is 0 Å². The van der Waals surface area contributed by atoms with Crippen LogP contribution in [0.25, 0.3) is 22.3 Å². The van der Waals surface area contributed by atoms with E-state index in [-0.39, 0.29) is 0 Å². The minimum Gasteiger partial charge on any atom is -0.0625 e. The second-order valence-electron chi connectivity index (χ2n) is 10.4. The third kappa shape index (κ3) is 5.71. The van der Waals surface area contributed by atoms with Gasteiger partial charge in [-0.1, -0.05) is 112 Å². The molecule has 0 heteroatoms. The van der Waals surface area contributed by atoms with E-state index < -0.39 is 0 Å². The number of aryl methyl sites for hydroxylation is 4. The molecule has 3 aromatic carbocycles. The van der Waals surface area contributed by atoms with Crippen molar-refractivity contribution < 1.29 is 0 Å². The first-order valence-corrected chi connectivity index (χ1v) is 12.8. The zero-order valence-corrected chi connectivity index (χ0v) is 20.6. The quantitative estimate of drug-likeness (QED) is 0.331. The summed E-state index contributed by atoms with van der Waals surface area (Å²) in [5.41, 5.74) is 10.9. The average molecular weight is 425 g/mol. The van der Waals surface area contributed by atoms with Gasteiger partial charge in [-0.25, -0.2) is 0 Å². The number of rotatable bonds is 7. The van der Waals surface area contributed by atoms with E-state index in [0.717, 1.165) is 11.8 Å². The van der Waals surface area contributed by atoms with Gasteiger partial charge in [0.1, 0.15) is 0 Å². The van der Waals surface area contributed by atoms with Gasteiger partial charge in [0.2, 0.25) is 0 Å². The summed E-state index contributed by atoms with van der Waals surface area (Å²) in [5.74, 6) is 1.97. The van der Waals surface area contributed by atoms with Crippen LogP contribution in [0.1, 0.15) is 74.1 Å². The zero-order valence-electron chi connectivity index (χ0n) is 20.6. The lowest BCUT2D eigenvalue weighted by Gasteiger charge is -2.26. The normalized spacial score (nSPS) is 18.6. The topological polar surface area (TPSA) is 0 Å². The Morgan fingerprint density at radius 3 is 2.03 bits per heavy atom. The van der Waals surface area contributed by atoms with Gasteiger partial charge in [-0.2, -0.15) is 0 Å². The molecule has 168 valence electrons. The fourth-order valence-electron chi connectivity index (χ4n) is 5.50. The van der Waals surface area contributed by atoms with Crippen LogP contribution in [0, 0.1) is 32.6 Å². The monoisotopic (exact) mass is 424 g/mol. The Kier molecular flexibility index (Phi) is 7.51. The first kappa shape index (κ1) is 22.8. The molecule has 0 spiro atoms. The summed E-state index contributed by atoms with van der Waals surface area (Å²) in [6.07, 6.45) is 11.2.